The van der Waals surface area contributed by atoms with Crippen LogP contribution in [0.4, 0.5) is 0 Å². The molecule has 0 saturated carbocycles. The van der Waals surface area contributed by atoms with Crippen LogP contribution in [0, 0.1) is 0 Å². The number of nitrogens with zero attached hydrogens (tertiary/aromatic N) is 1. The normalized spacial score (nSPS) is 11.2. The lowest BCUT2D eigenvalue weighted by molar-refractivity contribution is 0.340. The Balaban J connectivity index is 0.00000225. The second-order valence-electron chi connectivity index (χ2n) is 5.86. The molecule has 0 amide bonds. The Hall–Kier alpha value is -2.23. The zero-order valence-corrected chi connectivity index (χ0v) is 15.5. The van der Waals surface area contributed by atoms with Gasteiger partial charge in [-0.05, 0) is 37.7 Å². The van der Waals surface area contributed by atoms with E-state index in [1.807, 2.05) is 43.5 Å². The fraction of sp³-hybridized carbons (Fsp3) is 0.238. The van der Waals surface area contributed by atoms with Crippen LogP contribution in [0.15, 0.2) is 65.3 Å². The summed E-state index contributed by atoms with van der Waals surface area (Å²) in [5.74, 6) is 0.915. The molecule has 1 heterocycles. The van der Waals surface area contributed by atoms with Gasteiger partial charge in [-0.15, -0.1) is 12.4 Å². The minimum atomic E-state index is 0. The third-order valence-corrected chi connectivity index (χ3v) is 3.92. The standard InChI is InChI=1S/C21H23NO2.ClH/c1-3-23-19-12-10-17(11-13-19)7-6-14-22(2)15-18-16-24-21-9-5-4-8-20(18)21;/h4-13,16H,3,14-15H2,1-2H3;1H/b7-6+;. The minimum Gasteiger partial charge on any atom is -0.494 e. The summed E-state index contributed by atoms with van der Waals surface area (Å²) < 4.78 is 11.1. The predicted molar refractivity (Wildman–Crippen MR) is 106 cm³/mol. The SMILES string of the molecule is CCOc1ccc(/C=C/CN(C)Cc2coc3ccccc23)cc1.Cl. The molecule has 0 aliphatic rings. The number of ether oxygens (including phenoxy) is 1. The molecule has 0 aliphatic carbocycles. The van der Waals surface area contributed by atoms with Crippen LogP contribution < -0.4 is 4.74 Å². The topological polar surface area (TPSA) is 25.6 Å². The maximum absolute atomic E-state index is 5.60. The van der Waals surface area contributed by atoms with E-state index >= 15 is 0 Å². The average Bonchev–Trinajstić information content (AvgIpc) is 3.00. The Morgan fingerprint density at radius 2 is 1.84 bits per heavy atom. The van der Waals surface area contributed by atoms with E-state index in [9.17, 15) is 0 Å². The molecule has 0 fully saturated rings. The van der Waals surface area contributed by atoms with Crippen LogP contribution in [0.2, 0.25) is 0 Å². The maximum atomic E-state index is 5.60. The quantitative estimate of drug-likeness (QED) is 0.566. The monoisotopic (exact) mass is 357 g/mol. The molecule has 4 heteroatoms. The summed E-state index contributed by atoms with van der Waals surface area (Å²) in [6.45, 7) is 4.44. The summed E-state index contributed by atoms with van der Waals surface area (Å²) in [5.41, 5.74) is 3.36. The van der Waals surface area contributed by atoms with Crippen molar-refractivity contribution in [2.24, 2.45) is 0 Å². The van der Waals surface area contributed by atoms with Crippen LogP contribution in [0.5, 0.6) is 5.75 Å². The van der Waals surface area contributed by atoms with Gasteiger partial charge in [-0.3, -0.25) is 4.90 Å². The average molecular weight is 358 g/mol. The maximum Gasteiger partial charge on any atom is 0.134 e. The Labute approximate surface area is 155 Å². The molecule has 1 aromatic heterocycles. The summed E-state index contributed by atoms with van der Waals surface area (Å²) in [4.78, 5) is 2.27. The summed E-state index contributed by atoms with van der Waals surface area (Å²) in [5, 5.41) is 1.19. The van der Waals surface area contributed by atoms with E-state index in [4.69, 9.17) is 9.15 Å². The number of hydrogen-bond donors (Lipinski definition) is 0. The van der Waals surface area contributed by atoms with Gasteiger partial charge in [0, 0.05) is 24.0 Å². The Kier molecular flexibility index (Phi) is 7.11. The Morgan fingerprint density at radius 1 is 1.08 bits per heavy atom. The van der Waals surface area contributed by atoms with Crippen molar-refractivity contribution in [1.29, 1.82) is 0 Å². The molecule has 3 aromatic rings. The highest BCUT2D eigenvalue weighted by molar-refractivity contribution is 5.85. The molecule has 25 heavy (non-hydrogen) atoms. The number of benzene rings is 2. The van der Waals surface area contributed by atoms with Crippen LogP contribution in [-0.2, 0) is 6.54 Å². The van der Waals surface area contributed by atoms with Gasteiger partial charge in [0.2, 0.25) is 0 Å². The van der Waals surface area contributed by atoms with Crippen molar-refractivity contribution in [3.05, 3.63) is 72.0 Å². The summed E-state index contributed by atoms with van der Waals surface area (Å²) in [6, 6.07) is 16.3. The lowest BCUT2D eigenvalue weighted by Gasteiger charge is -2.13. The van der Waals surface area contributed by atoms with Gasteiger partial charge >= 0.3 is 0 Å². The summed E-state index contributed by atoms with van der Waals surface area (Å²) in [7, 11) is 2.12. The van der Waals surface area contributed by atoms with E-state index in [1.54, 1.807) is 0 Å². The van der Waals surface area contributed by atoms with Crippen LogP contribution in [-0.4, -0.2) is 25.1 Å². The van der Waals surface area contributed by atoms with Gasteiger partial charge in [0.05, 0.1) is 12.9 Å². The number of furan rings is 1. The van der Waals surface area contributed by atoms with Crippen molar-refractivity contribution in [1.82, 2.24) is 4.90 Å². The molecule has 0 aliphatic heterocycles. The highest BCUT2D eigenvalue weighted by Crippen LogP contribution is 2.21. The summed E-state index contributed by atoms with van der Waals surface area (Å²) >= 11 is 0. The number of hydrogen-bond acceptors (Lipinski definition) is 3. The van der Waals surface area contributed by atoms with Crippen LogP contribution in [0.25, 0.3) is 17.0 Å². The number of likely N-dealkylation sites (N-methyl/N-ethyl adjacent to an activating group) is 1. The third kappa shape index (κ3) is 5.12. The second kappa shape index (κ2) is 9.30. The number of rotatable bonds is 7. The first-order chi connectivity index (χ1) is 11.8. The predicted octanol–water partition coefficient (Wildman–Crippen LogP) is 5.40. The zero-order chi connectivity index (χ0) is 16.8. The van der Waals surface area contributed by atoms with E-state index < -0.39 is 0 Å². The van der Waals surface area contributed by atoms with E-state index in [2.05, 4.69) is 42.3 Å². The fourth-order valence-corrected chi connectivity index (χ4v) is 2.72. The van der Waals surface area contributed by atoms with Crippen LogP contribution >= 0.6 is 12.4 Å². The van der Waals surface area contributed by atoms with Crippen LogP contribution in [0.1, 0.15) is 18.1 Å². The third-order valence-electron chi connectivity index (χ3n) is 3.92. The molecule has 0 N–H and O–H groups in total. The summed E-state index contributed by atoms with van der Waals surface area (Å²) in [6.07, 6.45) is 6.18. The largest absolute Gasteiger partial charge is 0.494 e. The molecule has 132 valence electrons. The van der Waals surface area contributed by atoms with Gasteiger partial charge in [-0.25, -0.2) is 0 Å². The van der Waals surface area contributed by atoms with Gasteiger partial charge in [-0.2, -0.15) is 0 Å². The van der Waals surface area contributed by atoms with Crippen molar-refractivity contribution in [3.8, 4) is 5.75 Å². The van der Waals surface area contributed by atoms with Gasteiger partial charge in [0.25, 0.3) is 0 Å². The van der Waals surface area contributed by atoms with E-state index in [0.717, 1.165) is 24.4 Å². The molecule has 2 aromatic carbocycles. The molecule has 0 saturated heterocycles. The van der Waals surface area contributed by atoms with E-state index in [0.29, 0.717) is 6.61 Å². The molecular formula is C21H24ClNO2. The lowest BCUT2D eigenvalue weighted by Crippen LogP contribution is -2.17. The molecule has 0 atom stereocenters. The van der Waals surface area contributed by atoms with E-state index in [-0.39, 0.29) is 12.4 Å². The van der Waals surface area contributed by atoms with E-state index in [1.165, 1.54) is 16.5 Å². The molecule has 0 unspecified atom stereocenters. The molecule has 3 nitrogen and oxygen atoms in total. The lowest BCUT2D eigenvalue weighted by atomic mass is 10.1. The highest BCUT2D eigenvalue weighted by atomic mass is 35.5. The van der Waals surface area contributed by atoms with Crippen molar-refractivity contribution in [2.75, 3.05) is 20.2 Å². The fourth-order valence-electron chi connectivity index (χ4n) is 2.72. The van der Waals surface area contributed by atoms with Gasteiger partial charge in [-0.1, -0.05) is 42.5 Å². The molecule has 3 rings (SSSR count). The van der Waals surface area contributed by atoms with Gasteiger partial charge in [0.1, 0.15) is 11.3 Å². The van der Waals surface area contributed by atoms with Gasteiger partial charge in [0.15, 0.2) is 0 Å². The smallest absolute Gasteiger partial charge is 0.134 e. The molecule has 0 bridgehead atoms. The number of para-hydroxylation sites is 1. The van der Waals surface area contributed by atoms with Crippen molar-refractivity contribution < 1.29 is 9.15 Å². The second-order valence-corrected chi connectivity index (χ2v) is 5.86. The molecule has 0 radical (unpaired) electrons. The zero-order valence-electron chi connectivity index (χ0n) is 14.6. The van der Waals surface area contributed by atoms with Crippen molar-refractivity contribution in [3.63, 3.8) is 0 Å². The molecule has 0 spiro atoms. The number of fused-ring (bicyclic) bond motifs is 1. The number of halogens is 1. The van der Waals surface area contributed by atoms with Crippen molar-refractivity contribution in [2.45, 2.75) is 13.5 Å². The highest BCUT2D eigenvalue weighted by Gasteiger charge is 2.06. The molecular weight excluding hydrogens is 334 g/mol. The first-order valence-electron chi connectivity index (χ1n) is 8.29. The first-order valence-corrected chi connectivity index (χ1v) is 8.29. The first kappa shape index (κ1) is 19.1. The Bertz CT molecular complexity index is 808. The minimum absolute atomic E-state index is 0. The van der Waals surface area contributed by atoms with Crippen LogP contribution in [0.3, 0.4) is 0 Å². The Morgan fingerprint density at radius 3 is 2.60 bits per heavy atom. The van der Waals surface area contributed by atoms with Crippen molar-refractivity contribution >= 4 is 29.5 Å². The van der Waals surface area contributed by atoms with Gasteiger partial charge < -0.3 is 9.15 Å².